The van der Waals surface area contributed by atoms with E-state index < -0.39 is 12.0 Å². The van der Waals surface area contributed by atoms with Gasteiger partial charge in [-0.15, -0.1) is 0 Å². The Labute approximate surface area is 124 Å². The highest BCUT2D eigenvalue weighted by atomic mass is 32.2. The number of carboxylic acid groups (broad SMARTS) is 1. The van der Waals surface area contributed by atoms with Crippen molar-refractivity contribution in [2.24, 2.45) is 0 Å². The van der Waals surface area contributed by atoms with Crippen LogP contribution in [0.25, 0.3) is 0 Å². The Bertz CT molecular complexity index is 340. The normalized spacial score (nSPS) is 24.2. The molecule has 20 heavy (non-hydrogen) atoms. The fourth-order valence-corrected chi connectivity index (χ4v) is 2.63. The number of morpholine rings is 1. The Kier molecular flexibility index (Phi) is 7.15. The summed E-state index contributed by atoms with van der Waals surface area (Å²) in [7, 11) is 0. The molecule has 116 valence electrons. The van der Waals surface area contributed by atoms with Crippen LogP contribution >= 0.6 is 11.8 Å². The lowest BCUT2D eigenvalue weighted by Crippen LogP contribution is -2.57. The van der Waals surface area contributed by atoms with Crippen molar-refractivity contribution in [1.82, 2.24) is 10.2 Å². The van der Waals surface area contributed by atoms with Gasteiger partial charge >= 0.3 is 12.0 Å². The third kappa shape index (κ3) is 4.86. The highest BCUT2D eigenvalue weighted by Crippen LogP contribution is 2.15. The van der Waals surface area contributed by atoms with E-state index in [2.05, 4.69) is 5.32 Å². The van der Waals surface area contributed by atoms with E-state index in [4.69, 9.17) is 9.84 Å². The average molecular weight is 304 g/mol. The van der Waals surface area contributed by atoms with E-state index in [0.717, 1.165) is 6.42 Å². The molecule has 1 rings (SSSR count). The number of carbonyl (C=O) groups is 2. The molecule has 0 spiro atoms. The van der Waals surface area contributed by atoms with Gasteiger partial charge in [-0.05, 0) is 31.8 Å². The summed E-state index contributed by atoms with van der Waals surface area (Å²) in [6, 6.07) is -1.12. The number of ether oxygens (including phenoxy) is 1. The first-order chi connectivity index (χ1) is 9.49. The van der Waals surface area contributed by atoms with Gasteiger partial charge in [0.2, 0.25) is 0 Å². The molecular formula is C13H24N2O4S. The van der Waals surface area contributed by atoms with Gasteiger partial charge in [-0.1, -0.05) is 6.92 Å². The SMILES string of the molecule is CCC1COC(C)CN1C(=O)NC(CCSC)C(=O)O. The molecule has 1 heterocycles. The van der Waals surface area contributed by atoms with Crippen molar-refractivity contribution < 1.29 is 19.4 Å². The van der Waals surface area contributed by atoms with Crippen LogP contribution in [0, 0.1) is 0 Å². The van der Waals surface area contributed by atoms with E-state index in [0.29, 0.717) is 25.3 Å². The molecule has 0 aromatic carbocycles. The fourth-order valence-electron chi connectivity index (χ4n) is 2.16. The number of hydrogen-bond donors (Lipinski definition) is 2. The van der Waals surface area contributed by atoms with Crippen LogP contribution in [-0.4, -0.2) is 65.4 Å². The summed E-state index contributed by atoms with van der Waals surface area (Å²) < 4.78 is 5.54. The van der Waals surface area contributed by atoms with Gasteiger partial charge in [0.1, 0.15) is 6.04 Å². The summed E-state index contributed by atoms with van der Waals surface area (Å²) in [5.74, 6) is -0.282. The molecule has 1 aliphatic heterocycles. The Morgan fingerprint density at radius 2 is 2.25 bits per heavy atom. The molecule has 0 bridgehead atoms. The number of amides is 2. The number of nitrogens with one attached hydrogen (secondary N) is 1. The molecule has 0 aromatic heterocycles. The van der Waals surface area contributed by atoms with E-state index in [1.807, 2.05) is 20.1 Å². The van der Waals surface area contributed by atoms with Crippen LogP contribution in [0.4, 0.5) is 4.79 Å². The van der Waals surface area contributed by atoms with Gasteiger partial charge in [0.15, 0.2) is 0 Å². The van der Waals surface area contributed by atoms with Gasteiger partial charge in [-0.2, -0.15) is 11.8 Å². The van der Waals surface area contributed by atoms with Gasteiger partial charge in [0.05, 0.1) is 18.8 Å². The Hall–Kier alpha value is -0.950. The summed E-state index contributed by atoms with van der Waals surface area (Å²) in [6.07, 6.45) is 3.12. The van der Waals surface area contributed by atoms with Gasteiger partial charge in [0, 0.05) is 6.54 Å². The minimum atomic E-state index is -0.984. The van der Waals surface area contributed by atoms with Gasteiger partial charge in [-0.3, -0.25) is 0 Å². The van der Waals surface area contributed by atoms with Crippen LogP contribution in [0.5, 0.6) is 0 Å². The van der Waals surface area contributed by atoms with Crippen LogP contribution in [0.15, 0.2) is 0 Å². The lowest BCUT2D eigenvalue weighted by molar-refractivity contribution is -0.139. The molecule has 0 aromatic rings. The number of urea groups is 1. The average Bonchev–Trinajstić information content (AvgIpc) is 2.42. The van der Waals surface area contributed by atoms with E-state index in [1.165, 1.54) is 0 Å². The Balaban J connectivity index is 2.63. The van der Waals surface area contributed by atoms with Crippen molar-refractivity contribution in [3.8, 4) is 0 Å². The van der Waals surface area contributed by atoms with Crippen molar-refractivity contribution >= 4 is 23.8 Å². The number of thioether (sulfide) groups is 1. The zero-order valence-corrected chi connectivity index (χ0v) is 13.1. The van der Waals surface area contributed by atoms with Crippen LogP contribution in [0.1, 0.15) is 26.7 Å². The number of aliphatic carboxylic acids is 1. The van der Waals surface area contributed by atoms with Crippen molar-refractivity contribution in [3.05, 3.63) is 0 Å². The lowest BCUT2D eigenvalue weighted by atomic mass is 10.1. The third-order valence-corrected chi connectivity index (χ3v) is 4.05. The quantitative estimate of drug-likeness (QED) is 0.775. The summed E-state index contributed by atoms with van der Waals surface area (Å²) in [5, 5.41) is 11.8. The van der Waals surface area contributed by atoms with Crippen LogP contribution in [0.3, 0.4) is 0 Å². The molecular weight excluding hydrogens is 280 g/mol. The maximum atomic E-state index is 12.3. The van der Waals surface area contributed by atoms with E-state index >= 15 is 0 Å². The minimum Gasteiger partial charge on any atom is -0.480 e. The lowest BCUT2D eigenvalue weighted by Gasteiger charge is -2.38. The molecule has 1 aliphatic rings. The number of carboxylic acids is 1. The maximum Gasteiger partial charge on any atom is 0.326 e. The van der Waals surface area contributed by atoms with E-state index in [-0.39, 0.29) is 18.2 Å². The molecule has 0 radical (unpaired) electrons. The standard InChI is InChI=1S/C13H24N2O4S/c1-4-10-8-19-9(2)7-15(10)13(18)14-11(12(16)17)5-6-20-3/h9-11H,4-8H2,1-3H3,(H,14,18)(H,16,17). The number of hydrogen-bond acceptors (Lipinski definition) is 4. The maximum absolute atomic E-state index is 12.3. The van der Waals surface area contributed by atoms with Gasteiger partial charge in [-0.25, -0.2) is 9.59 Å². The zero-order valence-electron chi connectivity index (χ0n) is 12.3. The van der Waals surface area contributed by atoms with Crippen molar-refractivity contribution in [2.75, 3.05) is 25.2 Å². The van der Waals surface area contributed by atoms with Crippen LogP contribution in [-0.2, 0) is 9.53 Å². The predicted molar refractivity (Wildman–Crippen MR) is 79.2 cm³/mol. The number of nitrogens with zero attached hydrogens (tertiary/aromatic N) is 1. The molecule has 3 atom stereocenters. The molecule has 2 N–H and O–H groups in total. The second kappa shape index (κ2) is 8.36. The second-order valence-electron chi connectivity index (χ2n) is 4.98. The van der Waals surface area contributed by atoms with E-state index in [1.54, 1.807) is 16.7 Å². The Morgan fingerprint density at radius 3 is 2.80 bits per heavy atom. The summed E-state index contributed by atoms with van der Waals surface area (Å²) in [5.41, 5.74) is 0. The molecule has 1 fully saturated rings. The second-order valence-corrected chi connectivity index (χ2v) is 5.97. The predicted octanol–water partition coefficient (Wildman–Crippen LogP) is 1.40. The largest absolute Gasteiger partial charge is 0.480 e. The molecule has 2 amide bonds. The Morgan fingerprint density at radius 1 is 1.55 bits per heavy atom. The fraction of sp³-hybridized carbons (Fsp3) is 0.846. The highest BCUT2D eigenvalue weighted by Gasteiger charge is 2.31. The molecule has 6 nitrogen and oxygen atoms in total. The monoisotopic (exact) mass is 304 g/mol. The summed E-state index contributed by atoms with van der Waals surface area (Å²) in [4.78, 5) is 25.1. The summed E-state index contributed by atoms with van der Waals surface area (Å²) >= 11 is 1.57. The highest BCUT2D eigenvalue weighted by molar-refractivity contribution is 7.98. The number of rotatable bonds is 6. The molecule has 0 aliphatic carbocycles. The third-order valence-electron chi connectivity index (χ3n) is 3.41. The molecule has 7 heteroatoms. The molecule has 1 saturated heterocycles. The van der Waals surface area contributed by atoms with Crippen molar-refractivity contribution in [2.45, 2.75) is 44.9 Å². The van der Waals surface area contributed by atoms with E-state index in [9.17, 15) is 9.59 Å². The topological polar surface area (TPSA) is 78.9 Å². The first-order valence-corrected chi connectivity index (χ1v) is 8.29. The van der Waals surface area contributed by atoms with Crippen LogP contribution in [0.2, 0.25) is 0 Å². The minimum absolute atomic E-state index is 0.0150. The zero-order chi connectivity index (χ0) is 15.1. The van der Waals surface area contributed by atoms with Crippen molar-refractivity contribution in [3.63, 3.8) is 0 Å². The van der Waals surface area contributed by atoms with Crippen molar-refractivity contribution in [1.29, 1.82) is 0 Å². The van der Waals surface area contributed by atoms with Gasteiger partial charge < -0.3 is 20.1 Å². The summed E-state index contributed by atoms with van der Waals surface area (Å²) in [6.45, 7) is 4.91. The smallest absolute Gasteiger partial charge is 0.326 e. The molecule has 3 unspecified atom stereocenters. The number of carbonyl (C=O) groups excluding carboxylic acids is 1. The van der Waals surface area contributed by atoms with Gasteiger partial charge in [0.25, 0.3) is 0 Å². The van der Waals surface area contributed by atoms with Crippen LogP contribution < -0.4 is 5.32 Å². The first-order valence-electron chi connectivity index (χ1n) is 6.90. The molecule has 0 saturated carbocycles. The first kappa shape index (κ1) is 17.1.